The first-order chi connectivity index (χ1) is 9.63. The van der Waals surface area contributed by atoms with Crippen molar-refractivity contribution in [2.24, 2.45) is 11.7 Å². The maximum atomic E-state index is 12.0. The monoisotopic (exact) mass is 297 g/mol. The normalized spacial score (nSPS) is 16.9. The van der Waals surface area contributed by atoms with Crippen LogP contribution < -0.4 is 16.0 Å². The lowest BCUT2D eigenvalue weighted by atomic mass is 10.1. The number of carbonyl (C=O) groups is 1. The molecule has 20 heavy (non-hydrogen) atoms. The Morgan fingerprint density at radius 1 is 1.50 bits per heavy atom. The SMILES string of the molecule is CC(CN)C(=O)Nc1cccc(Cl)c1N1CCOCC1. The Labute approximate surface area is 124 Å². The van der Waals surface area contributed by atoms with Gasteiger partial charge in [-0.1, -0.05) is 24.6 Å². The van der Waals surface area contributed by atoms with E-state index in [9.17, 15) is 4.79 Å². The molecule has 1 fully saturated rings. The van der Waals surface area contributed by atoms with E-state index in [0.717, 1.165) is 24.5 Å². The predicted octanol–water partition coefficient (Wildman–Crippen LogP) is 1.71. The molecule has 0 saturated carbocycles. The van der Waals surface area contributed by atoms with Crippen molar-refractivity contribution in [2.45, 2.75) is 6.92 Å². The van der Waals surface area contributed by atoms with Crippen LogP contribution in [0.2, 0.25) is 5.02 Å². The van der Waals surface area contributed by atoms with E-state index < -0.39 is 0 Å². The topological polar surface area (TPSA) is 67.6 Å². The van der Waals surface area contributed by atoms with Gasteiger partial charge in [0.15, 0.2) is 0 Å². The number of carbonyl (C=O) groups excluding carboxylic acids is 1. The van der Waals surface area contributed by atoms with Gasteiger partial charge in [-0.2, -0.15) is 0 Å². The summed E-state index contributed by atoms with van der Waals surface area (Å²) in [5.41, 5.74) is 7.11. The predicted molar refractivity (Wildman–Crippen MR) is 81.3 cm³/mol. The number of rotatable bonds is 4. The fourth-order valence-corrected chi connectivity index (χ4v) is 2.38. The summed E-state index contributed by atoms with van der Waals surface area (Å²) in [6.45, 7) is 4.97. The van der Waals surface area contributed by atoms with Gasteiger partial charge in [0.25, 0.3) is 0 Å². The van der Waals surface area contributed by atoms with Crippen LogP contribution in [0.5, 0.6) is 0 Å². The minimum absolute atomic E-state index is 0.0933. The van der Waals surface area contributed by atoms with Crippen molar-refractivity contribution in [3.63, 3.8) is 0 Å². The van der Waals surface area contributed by atoms with Crippen LogP contribution in [0.3, 0.4) is 0 Å². The zero-order valence-electron chi connectivity index (χ0n) is 11.6. The average Bonchev–Trinajstić information content (AvgIpc) is 2.47. The summed E-state index contributed by atoms with van der Waals surface area (Å²) in [6.07, 6.45) is 0. The summed E-state index contributed by atoms with van der Waals surface area (Å²) in [5.74, 6) is -0.323. The first-order valence-corrected chi connectivity index (χ1v) is 7.13. The molecule has 0 spiro atoms. The highest BCUT2D eigenvalue weighted by Gasteiger charge is 2.20. The van der Waals surface area contributed by atoms with Crippen molar-refractivity contribution < 1.29 is 9.53 Å². The number of morpholine rings is 1. The van der Waals surface area contributed by atoms with Crippen LogP contribution in [0.4, 0.5) is 11.4 Å². The smallest absolute Gasteiger partial charge is 0.228 e. The molecule has 1 aliphatic heterocycles. The van der Waals surface area contributed by atoms with Crippen molar-refractivity contribution >= 4 is 28.9 Å². The van der Waals surface area contributed by atoms with Crippen molar-refractivity contribution in [3.05, 3.63) is 23.2 Å². The number of nitrogens with two attached hydrogens (primary N) is 1. The number of ether oxygens (including phenoxy) is 1. The molecule has 6 heteroatoms. The highest BCUT2D eigenvalue weighted by Crippen LogP contribution is 2.34. The van der Waals surface area contributed by atoms with Gasteiger partial charge in [-0.25, -0.2) is 0 Å². The molecule has 0 radical (unpaired) electrons. The molecule has 1 saturated heterocycles. The van der Waals surface area contributed by atoms with E-state index in [1.165, 1.54) is 0 Å². The fraction of sp³-hybridized carbons (Fsp3) is 0.500. The zero-order chi connectivity index (χ0) is 14.5. The number of para-hydroxylation sites is 1. The van der Waals surface area contributed by atoms with Crippen LogP contribution in [0.1, 0.15) is 6.92 Å². The maximum Gasteiger partial charge on any atom is 0.228 e. The molecule has 1 aromatic carbocycles. The van der Waals surface area contributed by atoms with Crippen LogP contribution in [0, 0.1) is 5.92 Å². The average molecular weight is 298 g/mol. The Kier molecular flexibility index (Phi) is 5.23. The third-order valence-electron chi connectivity index (χ3n) is 3.37. The van der Waals surface area contributed by atoms with Gasteiger partial charge in [0.05, 0.1) is 29.6 Å². The second-order valence-corrected chi connectivity index (χ2v) is 5.27. The number of nitrogens with one attached hydrogen (secondary N) is 1. The Balaban J connectivity index is 2.23. The van der Waals surface area contributed by atoms with Gasteiger partial charge >= 0.3 is 0 Å². The first kappa shape index (κ1) is 15.1. The number of benzene rings is 1. The molecule has 2 rings (SSSR count). The molecular weight excluding hydrogens is 278 g/mol. The Bertz CT molecular complexity index is 475. The molecule has 3 N–H and O–H groups in total. The quantitative estimate of drug-likeness (QED) is 0.888. The van der Waals surface area contributed by atoms with Crippen LogP contribution in [0.15, 0.2) is 18.2 Å². The fourth-order valence-electron chi connectivity index (χ4n) is 2.09. The van der Waals surface area contributed by atoms with Crippen LogP contribution in [-0.4, -0.2) is 38.8 Å². The Morgan fingerprint density at radius 3 is 2.85 bits per heavy atom. The van der Waals surface area contributed by atoms with Gasteiger partial charge in [0.2, 0.25) is 5.91 Å². The van der Waals surface area contributed by atoms with E-state index in [1.54, 1.807) is 6.92 Å². The van der Waals surface area contributed by atoms with Crippen molar-refractivity contribution in [2.75, 3.05) is 43.1 Å². The molecule has 1 aliphatic rings. The van der Waals surface area contributed by atoms with Crippen LogP contribution in [-0.2, 0) is 9.53 Å². The van der Waals surface area contributed by atoms with Crippen molar-refractivity contribution in [1.82, 2.24) is 0 Å². The Hall–Kier alpha value is -1.30. The molecule has 0 aliphatic carbocycles. The minimum atomic E-state index is -0.230. The molecule has 1 aromatic rings. The largest absolute Gasteiger partial charge is 0.378 e. The van der Waals surface area contributed by atoms with E-state index in [-0.39, 0.29) is 11.8 Å². The molecule has 110 valence electrons. The number of anilines is 2. The standard InChI is InChI=1S/C14H20ClN3O2/c1-10(9-16)14(19)17-12-4-2-3-11(15)13(12)18-5-7-20-8-6-18/h2-4,10H,5-9,16H2,1H3,(H,17,19). The van der Waals surface area contributed by atoms with Crippen molar-refractivity contribution in [1.29, 1.82) is 0 Å². The molecule has 0 bridgehead atoms. The molecule has 1 heterocycles. The van der Waals surface area contributed by atoms with Gasteiger partial charge < -0.3 is 20.7 Å². The summed E-state index contributed by atoms with van der Waals surface area (Å²) in [6, 6.07) is 5.52. The number of hydrogen-bond acceptors (Lipinski definition) is 4. The minimum Gasteiger partial charge on any atom is -0.378 e. The third-order valence-corrected chi connectivity index (χ3v) is 3.68. The molecular formula is C14H20ClN3O2. The van der Waals surface area contributed by atoms with Gasteiger partial charge in [-0.15, -0.1) is 0 Å². The van der Waals surface area contributed by atoms with Crippen LogP contribution >= 0.6 is 11.6 Å². The number of nitrogens with zero attached hydrogens (tertiary/aromatic N) is 1. The van der Waals surface area contributed by atoms with Crippen LogP contribution in [0.25, 0.3) is 0 Å². The second kappa shape index (κ2) is 6.92. The molecule has 5 nitrogen and oxygen atoms in total. The lowest BCUT2D eigenvalue weighted by Crippen LogP contribution is -2.37. The lowest BCUT2D eigenvalue weighted by molar-refractivity contribution is -0.119. The molecule has 1 amide bonds. The third kappa shape index (κ3) is 3.42. The summed E-state index contributed by atoms with van der Waals surface area (Å²) < 4.78 is 5.35. The van der Waals surface area contributed by atoms with Gasteiger partial charge in [0.1, 0.15) is 0 Å². The molecule has 1 atom stereocenters. The maximum absolute atomic E-state index is 12.0. The summed E-state index contributed by atoms with van der Waals surface area (Å²) >= 11 is 6.30. The highest BCUT2D eigenvalue weighted by atomic mass is 35.5. The molecule has 0 aromatic heterocycles. The number of hydrogen-bond donors (Lipinski definition) is 2. The lowest BCUT2D eigenvalue weighted by Gasteiger charge is -2.31. The van der Waals surface area contributed by atoms with Gasteiger partial charge in [-0.05, 0) is 12.1 Å². The zero-order valence-corrected chi connectivity index (χ0v) is 12.3. The van der Waals surface area contributed by atoms with E-state index in [0.29, 0.717) is 24.8 Å². The highest BCUT2D eigenvalue weighted by molar-refractivity contribution is 6.34. The van der Waals surface area contributed by atoms with E-state index in [1.807, 2.05) is 18.2 Å². The molecule has 1 unspecified atom stereocenters. The summed E-state index contributed by atoms with van der Waals surface area (Å²) in [4.78, 5) is 14.1. The van der Waals surface area contributed by atoms with Gasteiger partial charge in [-0.3, -0.25) is 4.79 Å². The van der Waals surface area contributed by atoms with Crippen molar-refractivity contribution in [3.8, 4) is 0 Å². The van der Waals surface area contributed by atoms with E-state index in [2.05, 4.69) is 10.2 Å². The number of halogens is 1. The summed E-state index contributed by atoms with van der Waals surface area (Å²) in [7, 11) is 0. The van der Waals surface area contributed by atoms with E-state index in [4.69, 9.17) is 22.1 Å². The first-order valence-electron chi connectivity index (χ1n) is 6.75. The second-order valence-electron chi connectivity index (χ2n) is 4.86. The van der Waals surface area contributed by atoms with Gasteiger partial charge in [0, 0.05) is 25.6 Å². The summed E-state index contributed by atoms with van der Waals surface area (Å²) in [5, 5.41) is 3.54. The Morgan fingerprint density at radius 2 is 2.20 bits per heavy atom. The van der Waals surface area contributed by atoms with E-state index >= 15 is 0 Å². The number of amides is 1.